The van der Waals surface area contributed by atoms with Crippen molar-refractivity contribution >= 4 is 5.91 Å². The molecule has 1 atom stereocenters. The highest BCUT2D eigenvalue weighted by atomic mass is 16.1. The van der Waals surface area contributed by atoms with Crippen LogP contribution in [0, 0.1) is 12.3 Å². The van der Waals surface area contributed by atoms with Crippen LogP contribution in [0.15, 0.2) is 0 Å². The summed E-state index contributed by atoms with van der Waals surface area (Å²) in [7, 11) is 0. The number of likely N-dealkylation sites (tertiary alicyclic amines) is 1. The van der Waals surface area contributed by atoms with E-state index in [9.17, 15) is 4.79 Å². The Kier molecular flexibility index (Phi) is 2.05. The van der Waals surface area contributed by atoms with Gasteiger partial charge in [0.1, 0.15) is 0 Å². The zero-order valence-corrected chi connectivity index (χ0v) is 7.20. The van der Waals surface area contributed by atoms with E-state index in [0.717, 1.165) is 25.4 Å². The number of carbonyl (C=O) groups excluding carboxylic acids is 1. The topological polar surface area (TPSA) is 46.3 Å². The fraction of sp³-hybridized carbons (Fsp3) is 0.778. The molecule has 12 heavy (non-hydrogen) atoms. The van der Waals surface area contributed by atoms with E-state index in [0.29, 0.717) is 0 Å². The molecule has 1 amide bonds. The lowest BCUT2D eigenvalue weighted by Gasteiger charge is -2.20. The summed E-state index contributed by atoms with van der Waals surface area (Å²) < 4.78 is 0. The maximum absolute atomic E-state index is 11.0. The molecule has 1 radical (unpaired) electrons. The molecule has 2 aliphatic rings. The number of rotatable bonds is 3. The fourth-order valence-corrected chi connectivity index (χ4v) is 1.82. The molecule has 0 aromatic rings. The molecule has 1 saturated heterocycles. The number of primary amides is 1. The summed E-state index contributed by atoms with van der Waals surface area (Å²) in [4.78, 5) is 13.2. The molecule has 0 bridgehead atoms. The Hall–Kier alpha value is -0.570. The van der Waals surface area contributed by atoms with Gasteiger partial charge in [-0.25, -0.2) is 0 Å². The van der Waals surface area contributed by atoms with Gasteiger partial charge in [0.2, 0.25) is 5.91 Å². The van der Waals surface area contributed by atoms with Gasteiger partial charge in [-0.2, -0.15) is 0 Å². The minimum Gasteiger partial charge on any atom is -0.368 e. The van der Waals surface area contributed by atoms with Crippen molar-refractivity contribution in [3.8, 4) is 0 Å². The first-order chi connectivity index (χ1) is 5.77. The van der Waals surface area contributed by atoms with Crippen LogP contribution in [0.25, 0.3) is 0 Å². The van der Waals surface area contributed by atoms with Gasteiger partial charge in [0.05, 0.1) is 6.04 Å². The fourth-order valence-electron chi connectivity index (χ4n) is 1.82. The van der Waals surface area contributed by atoms with E-state index in [1.807, 2.05) is 6.42 Å². The first-order valence-electron chi connectivity index (χ1n) is 4.64. The number of amides is 1. The van der Waals surface area contributed by atoms with E-state index in [1.165, 1.54) is 12.8 Å². The van der Waals surface area contributed by atoms with Crippen LogP contribution in [0.5, 0.6) is 0 Å². The highest BCUT2D eigenvalue weighted by molar-refractivity contribution is 5.81. The van der Waals surface area contributed by atoms with Crippen LogP contribution < -0.4 is 5.73 Å². The molecule has 0 spiro atoms. The van der Waals surface area contributed by atoms with E-state index in [2.05, 4.69) is 4.90 Å². The predicted molar refractivity (Wildman–Crippen MR) is 46.2 cm³/mol. The van der Waals surface area contributed by atoms with E-state index >= 15 is 0 Å². The Balaban J connectivity index is 1.88. The van der Waals surface area contributed by atoms with Crippen molar-refractivity contribution in [2.75, 3.05) is 13.1 Å². The Bertz CT molecular complexity index is 189. The van der Waals surface area contributed by atoms with Crippen LogP contribution in [0.3, 0.4) is 0 Å². The third-order valence-corrected chi connectivity index (χ3v) is 2.68. The molecule has 2 N–H and O–H groups in total. The molecule has 0 aromatic heterocycles. The monoisotopic (exact) mass is 167 g/mol. The van der Waals surface area contributed by atoms with Crippen LogP contribution in [0.4, 0.5) is 0 Å². The minimum atomic E-state index is -0.187. The zero-order chi connectivity index (χ0) is 8.55. The molecule has 0 aromatic carbocycles. The summed E-state index contributed by atoms with van der Waals surface area (Å²) in [5.41, 5.74) is 5.27. The second kappa shape index (κ2) is 3.05. The van der Waals surface area contributed by atoms with Crippen molar-refractivity contribution in [2.45, 2.75) is 25.3 Å². The molecule has 1 heterocycles. The van der Waals surface area contributed by atoms with Gasteiger partial charge in [0, 0.05) is 6.54 Å². The van der Waals surface area contributed by atoms with Crippen molar-refractivity contribution < 1.29 is 4.79 Å². The lowest BCUT2D eigenvalue weighted by molar-refractivity contribution is -0.121. The van der Waals surface area contributed by atoms with Gasteiger partial charge in [-0.05, 0) is 38.1 Å². The van der Waals surface area contributed by atoms with Gasteiger partial charge >= 0.3 is 0 Å². The Labute approximate surface area is 72.9 Å². The van der Waals surface area contributed by atoms with Crippen molar-refractivity contribution in [3.63, 3.8) is 0 Å². The summed E-state index contributed by atoms with van der Waals surface area (Å²) in [6, 6.07) is -0.0781. The molecule has 3 nitrogen and oxygen atoms in total. The van der Waals surface area contributed by atoms with Crippen LogP contribution in [-0.4, -0.2) is 29.9 Å². The number of hydrogen-bond acceptors (Lipinski definition) is 2. The van der Waals surface area contributed by atoms with Gasteiger partial charge in [-0.15, -0.1) is 0 Å². The highest BCUT2D eigenvalue weighted by Gasteiger charge is 2.33. The van der Waals surface area contributed by atoms with Crippen LogP contribution in [0.2, 0.25) is 0 Å². The Morgan fingerprint density at radius 2 is 2.33 bits per heavy atom. The van der Waals surface area contributed by atoms with Crippen molar-refractivity contribution in [1.82, 2.24) is 4.90 Å². The van der Waals surface area contributed by atoms with Gasteiger partial charge in [-0.1, -0.05) is 0 Å². The van der Waals surface area contributed by atoms with Crippen LogP contribution in [-0.2, 0) is 4.79 Å². The van der Waals surface area contributed by atoms with Crippen LogP contribution >= 0.6 is 0 Å². The molecular weight excluding hydrogens is 152 g/mol. The smallest absolute Gasteiger partial charge is 0.235 e. The summed E-state index contributed by atoms with van der Waals surface area (Å²) >= 11 is 0. The lowest BCUT2D eigenvalue weighted by Crippen LogP contribution is -2.41. The number of hydrogen-bond donors (Lipinski definition) is 1. The summed E-state index contributed by atoms with van der Waals surface area (Å²) in [6.45, 7) is 2.09. The molecule has 1 unspecified atom stereocenters. The van der Waals surface area contributed by atoms with E-state index < -0.39 is 0 Å². The van der Waals surface area contributed by atoms with Gasteiger partial charge in [-0.3, -0.25) is 9.69 Å². The van der Waals surface area contributed by atoms with E-state index in [-0.39, 0.29) is 11.9 Å². The second-order valence-corrected chi connectivity index (χ2v) is 3.81. The number of nitrogens with zero attached hydrogens (tertiary/aromatic N) is 1. The number of carbonyl (C=O) groups is 1. The molecule has 2 rings (SSSR count). The molecule has 1 saturated carbocycles. The minimum absolute atomic E-state index is 0.0781. The van der Waals surface area contributed by atoms with Gasteiger partial charge < -0.3 is 5.73 Å². The first-order valence-corrected chi connectivity index (χ1v) is 4.64. The third kappa shape index (κ3) is 1.61. The van der Waals surface area contributed by atoms with Crippen molar-refractivity contribution in [2.24, 2.45) is 11.7 Å². The maximum atomic E-state index is 11.0. The first kappa shape index (κ1) is 8.05. The highest BCUT2D eigenvalue weighted by Crippen LogP contribution is 2.31. The summed E-state index contributed by atoms with van der Waals surface area (Å²) in [5.74, 6) is 0.659. The van der Waals surface area contributed by atoms with Crippen LogP contribution in [0.1, 0.15) is 19.3 Å². The lowest BCUT2D eigenvalue weighted by atomic mass is 10.2. The van der Waals surface area contributed by atoms with E-state index in [4.69, 9.17) is 5.73 Å². The summed E-state index contributed by atoms with van der Waals surface area (Å²) in [5, 5.41) is 0. The molecule has 1 aliphatic carbocycles. The zero-order valence-electron chi connectivity index (χ0n) is 7.20. The average Bonchev–Trinajstić information content (AvgIpc) is 2.66. The average molecular weight is 167 g/mol. The third-order valence-electron chi connectivity index (χ3n) is 2.68. The molecule has 67 valence electrons. The van der Waals surface area contributed by atoms with Crippen molar-refractivity contribution in [3.05, 3.63) is 6.42 Å². The number of nitrogens with two attached hydrogens (primary N) is 1. The Morgan fingerprint density at radius 1 is 1.58 bits per heavy atom. The molecular formula is C9H15N2O. The standard InChI is InChI=1S/C9H15N2O/c10-9(12)8-2-1-5-11(8)6-7-3-4-7/h2,7-8H,1,3-6H2,(H2,10,12). The Morgan fingerprint density at radius 3 is 2.92 bits per heavy atom. The predicted octanol–water partition coefficient (Wildman–Crippen LogP) is 0.160. The molecule has 1 aliphatic heterocycles. The molecule has 2 fully saturated rings. The second-order valence-electron chi connectivity index (χ2n) is 3.81. The normalized spacial score (nSPS) is 30.8. The van der Waals surface area contributed by atoms with Gasteiger partial charge in [0.15, 0.2) is 0 Å². The summed E-state index contributed by atoms with van der Waals surface area (Å²) in [6.07, 6.45) is 5.72. The van der Waals surface area contributed by atoms with E-state index in [1.54, 1.807) is 0 Å². The quantitative estimate of drug-likeness (QED) is 0.651. The maximum Gasteiger partial charge on any atom is 0.235 e. The van der Waals surface area contributed by atoms with Gasteiger partial charge in [0.25, 0.3) is 0 Å². The largest absolute Gasteiger partial charge is 0.368 e. The SMILES string of the molecule is NC(=O)C1[CH]CCN1CC1CC1. The van der Waals surface area contributed by atoms with Crippen molar-refractivity contribution in [1.29, 1.82) is 0 Å². The molecule has 3 heteroatoms.